The third kappa shape index (κ3) is 9.09. The van der Waals surface area contributed by atoms with E-state index in [-0.39, 0.29) is 24.8 Å². The monoisotopic (exact) mass is 571 g/mol. The highest BCUT2D eigenvalue weighted by atomic mass is 32.2. The Kier molecular flexibility index (Phi) is 10.7. The molecule has 15 nitrogen and oxygen atoms in total. The number of amides is 7. The predicted molar refractivity (Wildman–Crippen MR) is 140 cm³/mol. The van der Waals surface area contributed by atoms with Gasteiger partial charge in [-0.3, -0.25) is 33.6 Å². The van der Waals surface area contributed by atoms with Crippen LogP contribution in [0.25, 0.3) is 0 Å². The van der Waals surface area contributed by atoms with Crippen LogP contribution in [0.2, 0.25) is 0 Å². The van der Waals surface area contributed by atoms with Crippen molar-refractivity contribution in [2.24, 2.45) is 11.1 Å². The van der Waals surface area contributed by atoms with E-state index >= 15 is 0 Å². The van der Waals surface area contributed by atoms with Gasteiger partial charge in [-0.25, -0.2) is 0 Å². The molecule has 7 amide bonds. The molecule has 3 unspecified atom stereocenters. The van der Waals surface area contributed by atoms with Crippen molar-refractivity contribution in [3.8, 4) is 0 Å². The molecule has 218 valence electrons. The van der Waals surface area contributed by atoms with Gasteiger partial charge < -0.3 is 42.0 Å². The van der Waals surface area contributed by atoms with Gasteiger partial charge in [0, 0.05) is 5.75 Å². The third-order valence-electron chi connectivity index (χ3n) is 5.94. The van der Waals surface area contributed by atoms with E-state index < -0.39 is 83.5 Å². The molecule has 0 aromatic carbocycles. The number of fused-ring (bicyclic) bond motifs is 1. The van der Waals surface area contributed by atoms with Gasteiger partial charge in [0.2, 0.25) is 41.4 Å². The molecule has 7 N–H and O–H groups in total. The second kappa shape index (κ2) is 13.1. The summed E-state index contributed by atoms with van der Waals surface area (Å²) in [5.41, 5.74) is 3.13. The lowest BCUT2D eigenvalue weighted by molar-refractivity contribution is -0.145. The summed E-state index contributed by atoms with van der Waals surface area (Å²) in [6.07, 6.45) is 0. The Labute approximate surface area is 230 Å². The van der Waals surface area contributed by atoms with Gasteiger partial charge in [0.15, 0.2) is 0 Å². The van der Waals surface area contributed by atoms with Gasteiger partial charge in [-0.15, -0.1) is 11.8 Å². The molecular weight excluding hydrogens is 534 g/mol. The maximum absolute atomic E-state index is 13.5. The van der Waals surface area contributed by atoms with Gasteiger partial charge in [-0.1, -0.05) is 20.8 Å². The molecule has 3 atom stereocenters. The van der Waals surface area contributed by atoms with Crippen molar-refractivity contribution in [1.29, 1.82) is 0 Å². The highest BCUT2D eigenvalue weighted by Gasteiger charge is 2.44. The van der Waals surface area contributed by atoms with Crippen LogP contribution >= 0.6 is 11.8 Å². The van der Waals surface area contributed by atoms with E-state index in [1.54, 1.807) is 20.8 Å². The number of rotatable bonds is 1. The zero-order valence-corrected chi connectivity index (χ0v) is 23.5. The van der Waals surface area contributed by atoms with E-state index in [1.807, 2.05) is 0 Å². The van der Waals surface area contributed by atoms with Crippen molar-refractivity contribution in [3.05, 3.63) is 0 Å². The lowest BCUT2D eigenvalue weighted by Crippen LogP contribution is -2.62. The minimum Gasteiger partial charge on any atom is -0.368 e. The van der Waals surface area contributed by atoms with E-state index in [4.69, 9.17) is 10.5 Å². The minimum absolute atomic E-state index is 0.0378. The van der Waals surface area contributed by atoms with Crippen LogP contribution in [-0.4, -0.2) is 108 Å². The second-order valence-corrected chi connectivity index (χ2v) is 11.8. The Balaban J connectivity index is 2.32. The van der Waals surface area contributed by atoms with Crippen LogP contribution < -0.4 is 32.3 Å². The van der Waals surface area contributed by atoms with Crippen molar-refractivity contribution >= 4 is 53.1 Å². The van der Waals surface area contributed by atoms with Gasteiger partial charge in [0.1, 0.15) is 30.4 Å². The number of hydrogen-bond donors (Lipinski definition) is 6. The summed E-state index contributed by atoms with van der Waals surface area (Å²) in [4.78, 5) is 89.4. The number of ether oxygens (including phenoxy) is 1. The molecule has 0 bridgehead atoms. The van der Waals surface area contributed by atoms with E-state index in [1.165, 1.54) is 18.7 Å². The topological polar surface area (TPSA) is 218 Å². The number of nitrogens with two attached hydrogens (primary N) is 1. The Hall–Kier alpha value is -3.40. The fraction of sp³-hybridized carbons (Fsp3) is 0.696. The Morgan fingerprint density at radius 3 is 2.26 bits per heavy atom. The highest BCUT2D eigenvalue weighted by Crippen LogP contribution is 2.24. The molecule has 0 saturated carbocycles. The predicted octanol–water partition coefficient (Wildman–Crippen LogP) is -3.45. The Morgan fingerprint density at radius 1 is 1.00 bits per heavy atom. The van der Waals surface area contributed by atoms with Gasteiger partial charge in [0.05, 0.1) is 25.4 Å². The summed E-state index contributed by atoms with van der Waals surface area (Å²) < 4.78 is 5.39. The molecule has 0 spiro atoms. The maximum atomic E-state index is 13.5. The zero-order valence-electron chi connectivity index (χ0n) is 22.7. The fourth-order valence-corrected chi connectivity index (χ4v) is 4.54. The summed E-state index contributed by atoms with van der Waals surface area (Å²) in [7, 11) is 0. The molecule has 0 radical (unpaired) electrons. The molecule has 2 aliphatic rings. The number of carbonyl (C=O) groups excluding carboxylic acids is 7. The molecule has 2 aliphatic heterocycles. The highest BCUT2D eigenvalue weighted by molar-refractivity contribution is 8.00. The molecule has 16 heteroatoms. The smallest absolute Gasteiger partial charge is 0.248 e. The summed E-state index contributed by atoms with van der Waals surface area (Å²) in [6, 6.07) is -3.22. The molecule has 2 heterocycles. The number of thioether (sulfide) groups is 1. The quantitative estimate of drug-likeness (QED) is 0.184. The lowest BCUT2D eigenvalue weighted by Gasteiger charge is -2.35. The van der Waals surface area contributed by atoms with Crippen LogP contribution in [-0.2, 0) is 38.3 Å². The molecular formula is C23H37N7O8S. The molecule has 39 heavy (non-hydrogen) atoms. The molecule has 0 aromatic rings. The number of nitrogens with one attached hydrogen (secondary N) is 5. The van der Waals surface area contributed by atoms with Crippen molar-refractivity contribution in [3.63, 3.8) is 0 Å². The first kappa shape index (κ1) is 31.8. The maximum Gasteiger partial charge on any atom is 0.248 e. The average Bonchev–Trinajstić information content (AvgIpc) is 3.32. The van der Waals surface area contributed by atoms with Gasteiger partial charge >= 0.3 is 0 Å². The van der Waals surface area contributed by atoms with Crippen molar-refractivity contribution in [2.75, 3.05) is 37.9 Å². The van der Waals surface area contributed by atoms with Crippen molar-refractivity contribution in [1.82, 2.24) is 31.5 Å². The van der Waals surface area contributed by atoms with Crippen LogP contribution in [0, 0.1) is 5.41 Å². The summed E-state index contributed by atoms with van der Waals surface area (Å²) in [6.45, 7) is 6.80. The third-order valence-corrected chi connectivity index (χ3v) is 6.98. The number of nitrogens with zero attached hydrogens (tertiary/aromatic N) is 1. The van der Waals surface area contributed by atoms with Gasteiger partial charge in [-0.05, 0) is 19.3 Å². The molecule has 2 fully saturated rings. The molecule has 2 rings (SSSR count). The average molecular weight is 572 g/mol. The standard InChI is InChI=1S/C23H37N7O8S/c1-22(2,3)17-20(36)30-11-38-8-13(30)19(35)29-23(4,5)21(37)26-6-14(31)25-7-15(32)27-12(18(24)34)9-39-10-16(33)28-17/h12-13,17H,6-11H2,1-5H3,(H2,24,34)(H,25,31)(H,26,37)(H,27,32)(H,28,33)(H,29,35). The summed E-state index contributed by atoms with van der Waals surface area (Å²) in [5, 5.41) is 12.3. The van der Waals surface area contributed by atoms with Crippen LogP contribution in [0.3, 0.4) is 0 Å². The van der Waals surface area contributed by atoms with E-state index in [0.717, 1.165) is 11.8 Å². The van der Waals surface area contributed by atoms with Gasteiger partial charge in [0.25, 0.3) is 0 Å². The summed E-state index contributed by atoms with van der Waals surface area (Å²) in [5.74, 6) is -4.84. The first-order chi connectivity index (χ1) is 18.0. The van der Waals surface area contributed by atoms with E-state index in [9.17, 15) is 33.6 Å². The van der Waals surface area contributed by atoms with Crippen LogP contribution in [0.15, 0.2) is 0 Å². The largest absolute Gasteiger partial charge is 0.368 e. The zero-order chi connectivity index (χ0) is 29.5. The van der Waals surface area contributed by atoms with E-state index in [2.05, 4.69) is 26.6 Å². The number of hydrogen-bond acceptors (Lipinski definition) is 9. The van der Waals surface area contributed by atoms with Crippen LogP contribution in [0.4, 0.5) is 0 Å². The molecule has 0 aliphatic carbocycles. The van der Waals surface area contributed by atoms with Crippen molar-refractivity contribution in [2.45, 2.75) is 58.3 Å². The SMILES string of the molecule is CC1(C)NC(=O)C2COCN2C(=O)C(C(C)(C)C)NC(=O)CSCC(C(N)=O)NC(=O)CNC(=O)CNC1=O. The fourth-order valence-electron chi connectivity index (χ4n) is 3.67. The Bertz CT molecular complexity index is 1010. The van der Waals surface area contributed by atoms with E-state index in [0.29, 0.717) is 0 Å². The lowest BCUT2D eigenvalue weighted by atomic mass is 9.85. The van der Waals surface area contributed by atoms with Crippen molar-refractivity contribution < 1.29 is 38.3 Å². The normalized spacial score (nSPS) is 26.7. The number of carbonyl (C=O) groups is 7. The first-order valence-corrected chi connectivity index (χ1v) is 13.4. The second-order valence-electron chi connectivity index (χ2n) is 10.8. The summed E-state index contributed by atoms with van der Waals surface area (Å²) >= 11 is 1.01. The van der Waals surface area contributed by atoms with Gasteiger partial charge in [-0.2, -0.15) is 0 Å². The van der Waals surface area contributed by atoms with Crippen LogP contribution in [0.1, 0.15) is 34.6 Å². The van der Waals surface area contributed by atoms with Crippen LogP contribution in [0.5, 0.6) is 0 Å². The minimum atomic E-state index is -1.48. The Morgan fingerprint density at radius 2 is 1.64 bits per heavy atom. The molecule has 2 saturated heterocycles. The first-order valence-electron chi connectivity index (χ1n) is 12.2. The number of primary amides is 1. The molecule has 0 aromatic heterocycles.